The van der Waals surface area contributed by atoms with Crippen molar-refractivity contribution in [2.75, 3.05) is 32.1 Å². The maximum atomic E-state index is 13.0. The van der Waals surface area contributed by atoms with E-state index >= 15 is 0 Å². The number of ether oxygens (including phenoxy) is 1. The average Bonchev–Trinajstić information content (AvgIpc) is 2.72. The number of methoxy groups -OCH3 is 1. The van der Waals surface area contributed by atoms with Crippen molar-refractivity contribution in [3.8, 4) is 5.75 Å². The molecule has 0 spiro atoms. The highest BCUT2D eigenvalue weighted by molar-refractivity contribution is 7.86. The second-order valence-electron chi connectivity index (χ2n) is 6.94. The van der Waals surface area contributed by atoms with Gasteiger partial charge < -0.3 is 10.1 Å². The summed E-state index contributed by atoms with van der Waals surface area (Å²) < 4.78 is 33.8. The van der Waals surface area contributed by atoms with E-state index in [1.165, 1.54) is 8.61 Å². The van der Waals surface area contributed by atoms with E-state index in [0.29, 0.717) is 19.5 Å². The van der Waals surface area contributed by atoms with Crippen molar-refractivity contribution in [2.45, 2.75) is 26.3 Å². The van der Waals surface area contributed by atoms with Crippen molar-refractivity contribution in [2.24, 2.45) is 0 Å². The van der Waals surface area contributed by atoms with Crippen LogP contribution in [-0.4, -0.2) is 49.7 Å². The summed E-state index contributed by atoms with van der Waals surface area (Å²) in [7, 11) is -2.12. The molecule has 7 nitrogen and oxygen atoms in total. The predicted octanol–water partition coefficient (Wildman–Crippen LogP) is 2.65. The molecule has 1 fully saturated rings. The molecule has 1 aliphatic rings. The molecule has 8 heteroatoms. The molecule has 0 unspecified atom stereocenters. The molecule has 3 rings (SSSR count). The Balaban J connectivity index is 1.67. The van der Waals surface area contributed by atoms with E-state index in [0.717, 1.165) is 29.0 Å². The standard InChI is InChI=1S/C21H27N3O4S/c1-3-18-7-4-5-8-20(18)22-21(25)16-24-14-6-13-23(29(24,26)27)15-17-9-11-19(28-2)12-10-17/h4-5,7-12H,3,6,13-16H2,1-2H3,(H,22,25). The maximum Gasteiger partial charge on any atom is 0.282 e. The van der Waals surface area contributed by atoms with Crippen molar-refractivity contribution in [1.29, 1.82) is 0 Å². The topological polar surface area (TPSA) is 79.0 Å². The van der Waals surface area contributed by atoms with Crippen molar-refractivity contribution < 1.29 is 17.9 Å². The molecule has 0 saturated carbocycles. The molecule has 156 valence electrons. The second-order valence-corrected chi connectivity index (χ2v) is 8.86. The highest BCUT2D eigenvalue weighted by atomic mass is 32.2. The van der Waals surface area contributed by atoms with Crippen LogP contribution in [0, 0.1) is 0 Å². The van der Waals surface area contributed by atoms with E-state index < -0.39 is 10.2 Å². The van der Waals surface area contributed by atoms with Crippen LogP contribution < -0.4 is 10.1 Å². The van der Waals surface area contributed by atoms with Crippen LogP contribution in [-0.2, 0) is 28.0 Å². The minimum absolute atomic E-state index is 0.195. The van der Waals surface area contributed by atoms with Gasteiger partial charge in [0, 0.05) is 25.3 Å². The Bertz CT molecular complexity index is 945. The first-order valence-corrected chi connectivity index (χ1v) is 11.1. The van der Waals surface area contributed by atoms with Crippen LogP contribution in [0.2, 0.25) is 0 Å². The fourth-order valence-corrected chi connectivity index (χ4v) is 5.01. The summed E-state index contributed by atoms with van der Waals surface area (Å²) >= 11 is 0. The number of aryl methyl sites for hydroxylation is 1. The second kappa shape index (κ2) is 9.39. The number of hydrogen-bond acceptors (Lipinski definition) is 4. The normalized spacial score (nSPS) is 17.0. The molecule has 1 heterocycles. The van der Waals surface area contributed by atoms with Gasteiger partial charge in [0.25, 0.3) is 10.2 Å². The zero-order valence-electron chi connectivity index (χ0n) is 16.8. The molecule has 0 aromatic heterocycles. The van der Waals surface area contributed by atoms with Gasteiger partial charge in [-0.15, -0.1) is 0 Å². The molecule has 0 atom stereocenters. The van der Waals surface area contributed by atoms with E-state index in [4.69, 9.17) is 4.74 Å². The third-order valence-electron chi connectivity index (χ3n) is 4.98. The fraction of sp³-hybridized carbons (Fsp3) is 0.381. The number of hydrogen-bond donors (Lipinski definition) is 1. The van der Waals surface area contributed by atoms with Crippen LogP contribution in [0.4, 0.5) is 5.69 Å². The molecule has 1 N–H and O–H groups in total. The lowest BCUT2D eigenvalue weighted by molar-refractivity contribution is -0.116. The zero-order chi connectivity index (χ0) is 20.9. The highest BCUT2D eigenvalue weighted by Crippen LogP contribution is 2.21. The first-order valence-electron chi connectivity index (χ1n) is 9.70. The number of anilines is 1. The summed E-state index contributed by atoms with van der Waals surface area (Å²) in [4.78, 5) is 12.5. The monoisotopic (exact) mass is 417 g/mol. The van der Waals surface area contributed by atoms with E-state index in [9.17, 15) is 13.2 Å². The van der Waals surface area contributed by atoms with E-state index in [1.54, 1.807) is 7.11 Å². The van der Waals surface area contributed by atoms with Gasteiger partial charge >= 0.3 is 0 Å². The molecular weight excluding hydrogens is 390 g/mol. The number of rotatable bonds is 7. The fourth-order valence-electron chi connectivity index (χ4n) is 3.37. The van der Waals surface area contributed by atoms with Crippen LogP contribution in [0.1, 0.15) is 24.5 Å². The lowest BCUT2D eigenvalue weighted by atomic mass is 10.1. The number of para-hydroxylation sites is 1. The van der Waals surface area contributed by atoms with Gasteiger partial charge in [-0.3, -0.25) is 4.79 Å². The number of amides is 1. The molecule has 2 aromatic carbocycles. The lowest BCUT2D eigenvalue weighted by Gasteiger charge is -2.34. The number of carbonyl (C=O) groups is 1. The molecule has 0 aliphatic carbocycles. The Kier molecular flexibility index (Phi) is 6.89. The van der Waals surface area contributed by atoms with Gasteiger partial charge in [0.05, 0.1) is 13.7 Å². The van der Waals surface area contributed by atoms with Crippen molar-refractivity contribution in [3.63, 3.8) is 0 Å². The number of nitrogens with zero attached hydrogens (tertiary/aromatic N) is 2. The molecule has 29 heavy (non-hydrogen) atoms. The average molecular weight is 418 g/mol. The van der Waals surface area contributed by atoms with Gasteiger partial charge in [-0.25, -0.2) is 0 Å². The maximum absolute atomic E-state index is 13.0. The highest BCUT2D eigenvalue weighted by Gasteiger charge is 2.34. The Morgan fingerprint density at radius 3 is 2.45 bits per heavy atom. The van der Waals surface area contributed by atoms with Crippen molar-refractivity contribution in [3.05, 3.63) is 59.7 Å². The van der Waals surface area contributed by atoms with Gasteiger partial charge in [-0.2, -0.15) is 17.0 Å². The third-order valence-corrected chi connectivity index (χ3v) is 6.91. The van der Waals surface area contributed by atoms with Gasteiger partial charge in [0.2, 0.25) is 5.91 Å². The molecule has 0 radical (unpaired) electrons. The lowest BCUT2D eigenvalue weighted by Crippen LogP contribution is -2.51. The van der Waals surface area contributed by atoms with Crippen LogP contribution in [0.5, 0.6) is 5.75 Å². The van der Waals surface area contributed by atoms with Crippen molar-refractivity contribution >= 4 is 21.8 Å². The molecule has 2 aromatic rings. The van der Waals surface area contributed by atoms with Gasteiger partial charge in [0.1, 0.15) is 5.75 Å². The quantitative estimate of drug-likeness (QED) is 0.751. The van der Waals surface area contributed by atoms with Crippen molar-refractivity contribution in [1.82, 2.24) is 8.61 Å². The van der Waals surface area contributed by atoms with Crippen LogP contribution in [0.25, 0.3) is 0 Å². The van der Waals surface area contributed by atoms with Gasteiger partial charge in [0.15, 0.2) is 0 Å². The van der Waals surface area contributed by atoms with Crippen LogP contribution in [0.15, 0.2) is 48.5 Å². The summed E-state index contributed by atoms with van der Waals surface area (Å²) in [6, 6.07) is 14.9. The zero-order valence-corrected chi connectivity index (χ0v) is 17.6. The number of carbonyl (C=O) groups excluding carboxylic acids is 1. The molecular formula is C21H27N3O4S. The van der Waals surface area contributed by atoms with E-state index in [-0.39, 0.29) is 19.0 Å². The molecule has 1 amide bonds. The predicted molar refractivity (Wildman–Crippen MR) is 113 cm³/mol. The van der Waals surface area contributed by atoms with Gasteiger partial charge in [-0.05, 0) is 42.2 Å². The Labute approximate surface area is 172 Å². The summed E-state index contributed by atoms with van der Waals surface area (Å²) in [5.74, 6) is 0.390. The smallest absolute Gasteiger partial charge is 0.282 e. The molecule has 0 bridgehead atoms. The first kappa shape index (κ1) is 21.3. The molecule has 1 saturated heterocycles. The van der Waals surface area contributed by atoms with E-state index in [1.807, 2.05) is 55.5 Å². The summed E-state index contributed by atoms with van der Waals surface area (Å²) in [6.07, 6.45) is 1.46. The van der Waals surface area contributed by atoms with E-state index in [2.05, 4.69) is 5.32 Å². The SMILES string of the molecule is CCc1ccccc1NC(=O)CN1CCCN(Cc2ccc(OC)cc2)S1(=O)=O. The van der Waals surface area contributed by atoms with Crippen LogP contribution >= 0.6 is 0 Å². The number of benzene rings is 2. The van der Waals surface area contributed by atoms with Gasteiger partial charge in [-0.1, -0.05) is 37.3 Å². The minimum Gasteiger partial charge on any atom is -0.497 e. The minimum atomic E-state index is -3.71. The molecule has 1 aliphatic heterocycles. The summed E-state index contributed by atoms with van der Waals surface area (Å²) in [5, 5.41) is 2.85. The van der Waals surface area contributed by atoms with Crippen LogP contribution in [0.3, 0.4) is 0 Å². The summed E-state index contributed by atoms with van der Waals surface area (Å²) in [5.41, 5.74) is 2.62. The Morgan fingerprint density at radius 2 is 1.76 bits per heavy atom. The Hall–Kier alpha value is -2.42. The first-order chi connectivity index (χ1) is 13.9. The third kappa shape index (κ3) is 5.14. The summed E-state index contributed by atoms with van der Waals surface area (Å²) in [6.45, 7) is 2.86. The Morgan fingerprint density at radius 1 is 1.07 bits per heavy atom. The largest absolute Gasteiger partial charge is 0.497 e. The number of nitrogens with one attached hydrogen (secondary N) is 1.